The largest absolute Gasteiger partial charge is 0.466 e. The fourth-order valence-corrected chi connectivity index (χ4v) is 1.93. The number of amides is 1. The summed E-state index contributed by atoms with van der Waals surface area (Å²) < 4.78 is 11.3. The lowest BCUT2D eigenvalue weighted by Crippen LogP contribution is -2.31. The third-order valence-corrected chi connectivity index (χ3v) is 3.22. The molecule has 1 aliphatic rings. The number of nitrogens with zero attached hydrogens (tertiary/aromatic N) is 1. The molecular formula is C13H16N2O5. The second kappa shape index (κ2) is 5.36. The maximum absolute atomic E-state index is 12.1. The summed E-state index contributed by atoms with van der Waals surface area (Å²) in [6.45, 7) is 0. The molecule has 1 fully saturated rings. The van der Waals surface area contributed by atoms with E-state index in [1.54, 1.807) is 7.05 Å². The normalized spacial score (nSPS) is 15.5. The molecule has 1 aliphatic carbocycles. The van der Waals surface area contributed by atoms with Crippen LogP contribution in [0.5, 0.6) is 0 Å². The van der Waals surface area contributed by atoms with Gasteiger partial charge in [-0.15, -0.1) is 0 Å². The van der Waals surface area contributed by atoms with Gasteiger partial charge in [0, 0.05) is 19.2 Å². The molecule has 7 nitrogen and oxygen atoms in total. The minimum Gasteiger partial charge on any atom is -0.466 e. The first-order chi connectivity index (χ1) is 9.43. The first-order valence-electron chi connectivity index (χ1n) is 6.19. The molecule has 1 atom stereocenters. The molecular weight excluding hydrogens is 264 g/mol. The van der Waals surface area contributed by atoms with E-state index in [1.165, 1.54) is 23.9 Å². The number of aryl methyl sites for hydroxylation is 1. The summed E-state index contributed by atoms with van der Waals surface area (Å²) in [7, 11) is 2.84. The Labute approximate surface area is 115 Å². The van der Waals surface area contributed by atoms with E-state index in [4.69, 9.17) is 10.5 Å². The van der Waals surface area contributed by atoms with Crippen LogP contribution in [0.4, 0.5) is 0 Å². The van der Waals surface area contributed by atoms with Crippen molar-refractivity contribution in [3.05, 3.63) is 23.5 Å². The Hall–Kier alpha value is -2.31. The van der Waals surface area contributed by atoms with Gasteiger partial charge in [-0.1, -0.05) is 0 Å². The Morgan fingerprint density at radius 1 is 1.40 bits per heavy atom. The quantitative estimate of drug-likeness (QED) is 0.778. The predicted molar refractivity (Wildman–Crippen MR) is 67.9 cm³/mol. The highest BCUT2D eigenvalue weighted by atomic mass is 16.6. The van der Waals surface area contributed by atoms with E-state index >= 15 is 0 Å². The van der Waals surface area contributed by atoms with Crippen LogP contribution in [-0.2, 0) is 21.3 Å². The third-order valence-electron chi connectivity index (χ3n) is 3.22. The first-order valence-corrected chi connectivity index (χ1v) is 6.19. The molecule has 1 aromatic rings. The highest BCUT2D eigenvalue weighted by Crippen LogP contribution is 2.35. The van der Waals surface area contributed by atoms with Crippen LogP contribution in [0.15, 0.2) is 12.3 Å². The number of primary amides is 1. The van der Waals surface area contributed by atoms with Crippen molar-refractivity contribution >= 4 is 17.8 Å². The molecule has 0 saturated heterocycles. The van der Waals surface area contributed by atoms with Gasteiger partial charge in [0.25, 0.3) is 0 Å². The number of hydrogen-bond acceptors (Lipinski definition) is 5. The minimum absolute atomic E-state index is 0.0160. The third kappa shape index (κ3) is 2.81. The number of nitrogens with two attached hydrogens (primary N) is 1. The van der Waals surface area contributed by atoms with Gasteiger partial charge < -0.3 is 19.8 Å². The van der Waals surface area contributed by atoms with Crippen molar-refractivity contribution < 1.29 is 23.9 Å². The molecule has 7 heteroatoms. The van der Waals surface area contributed by atoms with Gasteiger partial charge in [0.05, 0.1) is 12.7 Å². The maximum Gasteiger partial charge on any atom is 0.355 e. The van der Waals surface area contributed by atoms with Crippen molar-refractivity contribution in [3.8, 4) is 0 Å². The van der Waals surface area contributed by atoms with E-state index in [9.17, 15) is 14.4 Å². The summed E-state index contributed by atoms with van der Waals surface area (Å²) in [6.07, 6.45) is 2.20. The molecule has 0 aromatic carbocycles. The van der Waals surface area contributed by atoms with E-state index < -0.39 is 23.9 Å². The van der Waals surface area contributed by atoms with E-state index in [2.05, 4.69) is 4.74 Å². The molecule has 1 unspecified atom stereocenters. The van der Waals surface area contributed by atoms with Crippen molar-refractivity contribution in [2.75, 3.05) is 7.11 Å². The number of methoxy groups -OCH3 is 1. The molecule has 1 amide bonds. The fraction of sp³-hybridized carbons (Fsp3) is 0.462. The van der Waals surface area contributed by atoms with Gasteiger partial charge in [-0.05, 0) is 18.9 Å². The lowest BCUT2D eigenvalue weighted by atomic mass is 10.2. The molecule has 1 aromatic heterocycles. The summed E-state index contributed by atoms with van der Waals surface area (Å²) in [5.74, 6) is -1.86. The van der Waals surface area contributed by atoms with E-state index in [1.807, 2.05) is 0 Å². The Morgan fingerprint density at radius 2 is 2.05 bits per heavy atom. The fourth-order valence-electron chi connectivity index (χ4n) is 1.93. The van der Waals surface area contributed by atoms with Crippen LogP contribution in [0, 0.1) is 5.92 Å². The summed E-state index contributed by atoms with van der Waals surface area (Å²) >= 11 is 0. The number of carbonyl (C=O) groups excluding carboxylic acids is 3. The van der Waals surface area contributed by atoms with Crippen molar-refractivity contribution in [2.24, 2.45) is 18.7 Å². The topological polar surface area (TPSA) is 101 Å². The molecule has 2 rings (SSSR count). The Bertz CT molecular complexity index is 559. The molecule has 108 valence electrons. The predicted octanol–water partition coefficient (Wildman–Crippen LogP) is 0.232. The van der Waals surface area contributed by atoms with Gasteiger partial charge >= 0.3 is 11.9 Å². The van der Waals surface area contributed by atoms with Crippen molar-refractivity contribution in [1.82, 2.24) is 4.57 Å². The van der Waals surface area contributed by atoms with Crippen LogP contribution in [0.1, 0.15) is 33.7 Å². The highest BCUT2D eigenvalue weighted by Gasteiger charge is 2.40. The van der Waals surface area contributed by atoms with Crippen LogP contribution in [0.3, 0.4) is 0 Å². The smallest absolute Gasteiger partial charge is 0.355 e. The standard InChI is InChI=1S/C13H16N2O5/c1-15-6-8(11(14)16)5-9(15)12(17)20-10(7-3-4-7)13(18)19-2/h5-7,10H,3-4H2,1-2H3,(H2,14,16). The number of ether oxygens (including phenoxy) is 2. The Morgan fingerprint density at radius 3 is 2.50 bits per heavy atom. The van der Waals surface area contributed by atoms with E-state index in [0.29, 0.717) is 0 Å². The zero-order valence-corrected chi connectivity index (χ0v) is 11.3. The summed E-state index contributed by atoms with van der Waals surface area (Å²) in [5.41, 5.74) is 5.52. The zero-order valence-electron chi connectivity index (χ0n) is 11.3. The first kappa shape index (κ1) is 14.1. The number of rotatable bonds is 5. The van der Waals surface area contributed by atoms with Gasteiger partial charge in [-0.25, -0.2) is 9.59 Å². The summed E-state index contributed by atoms with van der Waals surface area (Å²) in [4.78, 5) is 34.7. The van der Waals surface area contributed by atoms with Crippen molar-refractivity contribution in [1.29, 1.82) is 0 Å². The molecule has 0 radical (unpaired) electrons. The highest BCUT2D eigenvalue weighted by molar-refractivity contribution is 5.97. The second-order valence-electron chi connectivity index (χ2n) is 4.78. The molecule has 0 bridgehead atoms. The molecule has 20 heavy (non-hydrogen) atoms. The van der Waals surface area contributed by atoms with Crippen LogP contribution >= 0.6 is 0 Å². The monoisotopic (exact) mass is 280 g/mol. The van der Waals surface area contributed by atoms with Gasteiger partial charge in [-0.2, -0.15) is 0 Å². The maximum atomic E-state index is 12.1. The zero-order chi connectivity index (χ0) is 14.9. The van der Waals surface area contributed by atoms with Crippen LogP contribution in [-0.4, -0.2) is 35.6 Å². The number of carbonyl (C=O) groups is 3. The van der Waals surface area contributed by atoms with Gasteiger partial charge in [0.2, 0.25) is 12.0 Å². The summed E-state index contributed by atoms with van der Waals surface area (Å²) in [5, 5.41) is 0. The SMILES string of the molecule is COC(=O)C(OC(=O)c1cc(C(N)=O)cn1C)C1CC1. The Kier molecular flexibility index (Phi) is 3.78. The molecule has 0 spiro atoms. The average molecular weight is 280 g/mol. The Balaban J connectivity index is 2.14. The molecule has 2 N–H and O–H groups in total. The van der Waals surface area contributed by atoms with Gasteiger partial charge in [-0.3, -0.25) is 4.79 Å². The lowest BCUT2D eigenvalue weighted by Gasteiger charge is -2.14. The number of esters is 2. The second-order valence-corrected chi connectivity index (χ2v) is 4.78. The van der Waals surface area contributed by atoms with Crippen molar-refractivity contribution in [3.63, 3.8) is 0 Å². The van der Waals surface area contributed by atoms with Crippen LogP contribution in [0.25, 0.3) is 0 Å². The van der Waals surface area contributed by atoms with Crippen molar-refractivity contribution in [2.45, 2.75) is 18.9 Å². The van der Waals surface area contributed by atoms with E-state index in [0.717, 1.165) is 12.8 Å². The number of hydrogen-bond donors (Lipinski definition) is 1. The van der Waals surface area contributed by atoms with E-state index in [-0.39, 0.29) is 17.2 Å². The lowest BCUT2D eigenvalue weighted by molar-refractivity contribution is -0.152. The molecule has 0 aliphatic heterocycles. The van der Waals surface area contributed by atoms with Crippen LogP contribution < -0.4 is 5.73 Å². The van der Waals surface area contributed by atoms with Gasteiger partial charge in [0.15, 0.2) is 0 Å². The molecule has 1 heterocycles. The van der Waals surface area contributed by atoms with Gasteiger partial charge in [0.1, 0.15) is 5.69 Å². The summed E-state index contributed by atoms with van der Waals surface area (Å²) in [6, 6.07) is 1.34. The minimum atomic E-state index is -0.889. The van der Waals surface area contributed by atoms with Crippen LogP contribution in [0.2, 0.25) is 0 Å². The number of aromatic nitrogens is 1. The molecule has 1 saturated carbocycles. The average Bonchev–Trinajstić information content (AvgIpc) is 3.16.